The Kier molecular flexibility index (Phi) is 8.78. The van der Waals surface area contributed by atoms with Crippen LogP contribution in [0.2, 0.25) is 0 Å². The topological polar surface area (TPSA) is 107 Å². The number of benzene rings is 2. The molecule has 3 rings (SSSR count). The van der Waals surface area contributed by atoms with Gasteiger partial charge in [-0.15, -0.1) is 0 Å². The van der Waals surface area contributed by atoms with Crippen LogP contribution in [0, 0.1) is 5.82 Å². The first-order valence-corrected chi connectivity index (χ1v) is 9.99. The molecule has 2 aromatic carbocycles. The molecule has 0 atom stereocenters. The second-order valence-electron chi connectivity index (χ2n) is 7.17. The Balaban J connectivity index is 0.000000479. The van der Waals surface area contributed by atoms with Crippen LogP contribution in [-0.2, 0) is 4.79 Å². The Labute approximate surface area is 186 Å². The van der Waals surface area contributed by atoms with E-state index in [1.807, 2.05) is 0 Å². The number of amides is 1. The van der Waals surface area contributed by atoms with Crippen LogP contribution in [0.1, 0.15) is 46.4 Å². The Bertz CT molecular complexity index is 1000. The minimum atomic E-state index is -5.08. The zero-order valence-corrected chi connectivity index (χ0v) is 17.4. The van der Waals surface area contributed by atoms with Crippen LogP contribution in [-0.4, -0.2) is 47.3 Å². The standard InChI is InChI=1S/C20H21FN2O3.C2HF3O2/c21-17-8-4-3-7-15(17)19(24)22-18-10-9-14(13-16(18)20(25)26)23-11-5-1-2-6-12-23;3-2(4,5)1(6)7/h3-4,7-10,13H,1-2,5-6,11-12H2,(H,22,24)(H,25,26);(H,6,7). The van der Waals surface area contributed by atoms with Gasteiger partial charge in [-0.05, 0) is 43.2 Å². The second kappa shape index (κ2) is 11.3. The summed E-state index contributed by atoms with van der Waals surface area (Å²) in [5.41, 5.74) is 0.856. The third-order valence-corrected chi connectivity index (χ3v) is 4.81. The molecule has 1 heterocycles. The van der Waals surface area contributed by atoms with E-state index in [0.29, 0.717) is 0 Å². The molecule has 1 fully saturated rings. The smallest absolute Gasteiger partial charge is 0.478 e. The molecule has 1 saturated heterocycles. The summed E-state index contributed by atoms with van der Waals surface area (Å²) in [5, 5.41) is 19.2. The zero-order chi connectivity index (χ0) is 24.6. The van der Waals surface area contributed by atoms with Gasteiger partial charge in [-0.2, -0.15) is 13.2 Å². The molecule has 0 unspecified atom stereocenters. The van der Waals surface area contributed by atoms with Crippen LogP contribution in [0.15, 0.2) is 42.5 Å². The molecule has 0 saturated carbocycles. The van der Waals surface area contributed by atoms with E-state index in [-0.39, 0.29) is 16.8 Å². The summed E-state index contributed by atoms with van der Waals surface area (Å²) in [5.74, 6) is -5.21. The lowest BCUT2D eigenvalue weighted by Gasteiger charge is -2.23. The number of alkyl halides is 3. The highest BCUT2D eigenvalue weighted by molar-refractivity contribution is 6.08. The van der Waals surface area contributed by atoms with Gasteiger partial charge in [-0.25, -0.2) is 14.0 Å². The predicted molar refractivity (Wildman–Crippen MR) is 112 cm³/mol. The van der Waals surface area contributed by atoms with Gasteiger partial charge in [0.2, 0.25) is 0 Å². The van der Waals surface area contributed by atoms with E-state index in [4.69, 9.17) is 9.90 Å². The normalized spacial score (nSPS) is 13.9. The molecule has 3 N–H and O–H groups in total. The van der Waals surface area contributed by atoms with Gasteiger partial charge in [0, 0.05) is 18.8 Å². The summed E-state index contributed by atoms with van der Waals surface area (Å²) in [4.78, 5) is 35.0. The first kappa shape index (κ1) is 25.6. The third-order valence-electron chi connectivity index (χ3n) is 4.81. The van der Waals surface area contributed by atoms with Crippen LogP contribution in [0.25, 0.3) is 0 Å². The fourth-order valence-corrected chi connectivity index (χ4v) is 3.18. The Morgan fingerprint density at radius 3 is 1.97 bits per heavy atom. The average Bonchev–Trinajstić information content (AvgIpc) is 3.03. The van der Waals surface area contributed by atoms with E-state index in [1.54, 1.807) is 24.3 Å². The number of anilines is 2. The largest absolute Gasteiger partial charge is 0.490 e. The average molecular weight is 470 g/mol. The van der Waals surface area contributed by atoms with Gasteiger partial charge >= 0.3 is 18.1 Å². The Hall–Kier alpha value is -3.63. The fraction of sp³-hybridized carbons (Fsp3) is 0.318. The maximum Gasteiger partial charge on any atom is 0.490 e. The van der Waals surface area contributed by atoms with Crippen molar-refractivity contribution >= 4 is 29.2 Å². The lowest BCUT2D eigenvalue weighted by atomic mass is 10.1. The number of carboxylic acids is 2. The third kappa shape index (κ3) is 7.48. The molecular formula is C22H22F4N2O5. The highest BCUT2D eigenvalue weighted by Gasteiger charge is 2.38. The Morgan fingerprint density at radius 1 is 0.879 bits per heavy atom. The highest BCUT2D eigenvalue weighted by Crippen LogP contribution is 2.26. The molecule has 0 aliphatic carbocycles. The second-order valence-corrected chi connectivity index (χ2v) is 7.17. The fourth-order valence-electron chi connectivity index (χ4n) is 3.18. The van der Waals surface area contributed by atoms with Crippen molar-refractivity contribution in [2.75, 3.05) is 23.3 Å². The first-order valence-electron chi connectivity index (χ1n) is 9.99. The number of aliphatic carboxylic acids is 1. The van der Waals surface area contributed by atoms with Crippen molar-refractivity contribution in [2.24, 2.45) is 0 Å². The maximum atomic E-state index is 13.8. The van der Waals surface area contributed by atoms with Crippen molar-refractivity contribution in [3.8, 4) is 0 Å². The molecule has 1 aliphatic heterocycles. The van der Waals surface area contributed by atoms with Gasteiger partial charge in [0.25, 0.3) is 5.91 Å². The number of hydrogen-bond donors (Lipinski definition) is 3. The van der Waals surface area contributed by atoms with Gasteiger partial charge in [0.05, 0.1) is 16.8 Å². The molecule has 11 heteroatoms. The number of hydrogen-bond acceptors (Lipinski definition) is 4. The molecule has 0 bridgehead atoms. The van der Waals surface area contributed by atoms with Crippen molar-refractivity contribution < 1.29 is 42.2 Å². The molecule has 1 aliphatic rings. The molecule has 178 valence electrons. The van der Waals surface area contributed by atoms with E-state index in [9.17, 15) is 32.3 Å². The van der Waals surface area contributed by atoms with Crippen molar-refractivity contribution in [3.63, 3.8) is 0 Å². The molecule has 0 radical (unpaired) electrons. The summed E-state index contributed by atoms with van der Waals surface area (Å²) in [7, 11) is 0. The SMILES string of the molecule is O=C(Nc1ccc(N2CCCCCC2)cc1C(=O)O)c1ccccc1F.O=C(O)C(F)(F)F. The maximum absolute atomic E-state index is 13.8. The lowest BCUT2D eigenvalue weighted by molar-refractivity contribution is -0.192. The van der Waals surface area contributed by atoms with Gasteiger partial charge in [-0.3, -0.25) is 4.79 Å². The van der Waals surface area contributed by atoms with Gasteiger partial charge < -0.3 is 20.4 Å². The minimum absolute atomic E-state index is 0.00330. The summed E-state index contributed by atoms with van der Waals surface area (Å²) >= 11 is 0. The number of nitrogens with one attached hydrogen (secondary N) is 1. The van der Waals surface area contributed by atoms with E-state index in [1.165, 1.54) is 31.0 Å². The van der Waals surface area contributed by atoms with Crippen molar-refractivity contribution in [1.29, 1.82) is 0 Å². The number of aromatic carboxylic acids is 1. The van der Waals surface area contributed by atoms with E-state index < -0.39 is 29.8 Å². The van der Waals surface area contributed by atoms with Gasteiger partial charge in [0.15, 0.2) is 0 Å². The number of carbonyl (C=O) groups excluding carboxylic acids is 1. The summed E-state index contributed by atoms with van der Waals surface area (Å²) < 4.78 is 45.5. The lowest BCUT2D eigenvalue weighted by Crippen LogP contribution is -2.24. The van der Waals surface area contributed by atoms with Gasteiger partial charge in [-0.1, -0.05) is 25.0 Å². The first-order chi connectivity index (χ1) is 15.5. The number of carbonyl (C=O) groups is 3. The van der Waals surface area contributed by atoms with Crippen LogP contribution in [0.5, 0.6) is 0 Å². The molecule has 7 nitrogen and oxygen atoms in total. The van der Waals surface area contributed by atoms with E-state index >= 15 is 0 Å². The molecule has 0 spiro atoms. The molecule has 0 aromatic heterocycles. The summed E-state index contributed by atoms with van der Waals surface area (Å²) in [6.07, 6.45) is -0.569. The Morgan fingerprint density at radius 2 is 1.45 bits per heavy atom. The van der Waals surface area contributed by atoms with Crippen molar-refractivity contribution in [2.45, 2.75) is 31.9 Å². The zero-order valence-electron chi connectivity index (χ0n) is 17.4. The van der Waals surface area contributed by atoms with E-state index in [2.05, 4.69) is 10.2 Å². The molecular weight excluding hydrogens is 448 g/mol. The predicted octanol–water partition coefficient (Wildman–Crippen LogP) is 4.79. The summed E-state index contributed by atoms with van der Waals surface area (Å²) in [6.45, 7) is 1.78. The number of rotatable bonds is 4. The summed E-state index contributed by atoms with van der Waals surface area (Å²) in [6, 6.07) is 10.5. The number of nitrogens with zero attached hydrogens (tertiary/aromatic N) is 1. The minimum Gasteiger partial charge on any atom is -0.478 e. The molecule has 2 aromatic rings. The van der Waals surface area contributed by atoms with Gasteiger partial charge in [0.1, 0.15) is 5.82 Å². The number of carboxylic acid groups (broad SMARTS) is 2. The van der Waals surface area contributed by atoms with Crippen molar-refractivity contribution in [1.82, 2.24) is 0 Å². The monoisotopic (exact) mass is 470 g/mol. The molecule has 33 heavy (non-hydrogen) atoms. The van der Waals surface area contributed by atoms with Crippen LogP contribution < -0.4 is 10.2 Å². The van der Waals surface area contributed by atoms with Crippen LogP contribution >= 0.6 is 0 Å². The van der Waals surface area contributed by atoms with Crippen LogP contribution in [0.3, 0.4) is 0 Å². The number of halogens is 4. The highest BCUT2D eigenvalue weighted by atomic mass is 19.4. The van der Waals surface area contributed by atoms with Crippen molar-refractivity contribution in [3.05, 3.63) is 59.4 Å². The van der Waals surface area contributed by atoms with E-state index in [0.717, 1.165) is 31.6 Å². The van der Waals surface area contributed by atoms with Crippen LogP contribution in [0.4, 0.5) is 28.9 Å². The quantitative estimate of drug-likeness (QED) is 0.555. The molecule has 1 amide bonds.